The SMILES string of the molecule is Cc1cc(CC2CCNCC2)c2ccccc2n1. The number of benzene rings is 1. The van der Waals surface area contributed by atoms with Crippen LogP contribution >= 0.6 is 0 Å². The third-order valence-electron chi connectivity index (χ3n) is 3.90. The van der Waals surface area contributed by atoms with E-state index in [9.17, 15) is 0 Å². The molecular weight excluding hydrogens is 220 g/mol. The number of aryl methyl sites for hydroxylation is 1. The van der Waals surface area contributed by atoms with Gasteiger partial charge in [-0.3, -0.25) is 4.98 Å². The molecule has 0 bridgehead atoms. The zero-order chi connectivity index (χ0) is 12.4. The maximum atomic E-state index is 4.62. The number of piperidine rings is 1. The van der Waals surface area contributed by atoms with E-state index >= 15 is 0 Å². The van der Waals surface area contributed by atoms with Gasteiger partial charge in [-0.05, 0) is 62.9 Å². The van der Waals surface area contributed by atoms with Gasteiger partial charge in [0.2, 0.25) is 0 Å². The van der Waals surface area contributed by atoms with Gasteiger partial charge in [-0.15, -0.1) is 0 Å². The summed E-state index contributed by atoms with van der Waals surface area (Å²) >= 11 is 0. The van der Waals surface area contributed by atoms with Crippen LogP contribution in [0.15, 0.2) is 30.3 Å². The van der Waals surface area contributed by atoms with Crippen molar-refractivity contribution in [3.8, 4) is 0 Å². The molecule has 0 radical (unpaired) electrons. The molecule has 1 saturated heterocycles. The summed E-state index contributed by atoms with van der Waals surface area (Å²) in [7, 11) is 0. The van der Waals surface area contributed by atoms with Crippen molar-refractivity contribution in [3.05, 3.63) is 41.6 Å². The molecule has 0 unspecified atom stereocenters. The van der Waals surface area contributed by atoms with Crippen LogP contribution in [0, 0.1) is 12.8 Å². The molecule has 1 N–H and O–H groups in total. The molecule has 0 aliphatic carbocycles. The zero-order valence-electron chi connectivity index (χ0n) is 10.9. The Hall–Kier alpha value is -1.41. The smallest absolute Gasteiger partial charge is 0.0707 e. The second-order valence-corrected chi connectivity index (χ2v) is 5.34. The highest BCUT2D eigenvalue weighted by atomic mass is 14.9. The minimum absolute atomic E-state index is 0.830. The van der Waals surface area contributed by atoms with Crippen LogP contribution in [-0.2, 0) is 6.42 Å². The van der Waals surface area contributed by atoms with E-state index in [0.717, 1.165) is 17.1 Å². The fourth-order valence-electron chi connectivity index (χ4n) is 2.96. The maximum Gasteiger partial charge on any atom is 0.0707 e. The molecule has 2 nitrogen and oxygen atoms in total. The molecule has 1 aliphatic rings. The Balaban J connectivity index is 1.94. The van der Waals surface area contributed by atoms with E-state index in [1.54, 1.807) is 0 Å². The van der Waals surface area contributed by atoms with Crippen LogP contribution in [0.4, 0.5) is 0 Å². The van der Waals surface area contributed by atoms with Gasteiger partial charge in [0.15, 0.2) is 0 Å². The number of nitrogens with one attached hydrogen (secondary N) is 1. The Kier molecular flexibility index (Phi) is 3.28. The number of hydrogen-bond acceptors (Lipinski definition) is 2. The molecule has 94 valence electrons. The topological polar surface area (TPSA) is 24.9 Å². The Morgan fingerprint density at radius 3 is 2.83 bits per heavy atom. The first-order valence-corrected chi connectivity index (χ1v) is 6.89. The highest BCUT2D eigenvalue weighted by Gasteiger charge is 2.15. The van der Waals surface area contributed by atoms with Gasteiger partial charge < -0.3 is 5.32 Å². The molecule has 2 aromatic rings. The van der Waals surface area contributed by atoms with Gasteiger partial charge in [0.25, 0.3) is 0 Å². The number of rotatable bonds is 2. The van der Waals surface area contributed by atoms with E-state index < -0.39 is 0 Å². The van der Waals surface area contributed by atoms with E-state index in [1.807, 2.05) is 0 Å². The molecule has 1 fully saturated rings. The van der Waals surface area contributed by atoms with E-state index in [2.05, 4.69) is 47.6 Å². The Bertz CT molecular complexity index is 542. The van der Waals surface area contributed by atoms with Gasteiger partial charge in [0, 0.05) is 11.1 Å². The normalized spacial score (nSPS) is 17.2. The lowest BCUT2D eigenvalue weighted by atomic mass is 9.89. The molecule has 1 aliphatic heterocycles. The van der Waals surface area contributed by atoms with Crippen molar-refractivity contribution in [2.24, 2.45) is 5.92 Å². The van der Waals surface area contributed by atoms with E-state index in [1.165, 1.54) is 43.3 Å². The van der Waals surface area contributed by atoms with Crippen molar-refractivity contribution in [2.75, 3.05) is 13.1 Å². The van der Waals surface area contributed by atoms with Gasteiger partial charge in [0.05, 0.1) is 5.52 Å². The molecule has 1 aromatic carbocycles. The standard InChI is InChI=1S/C16H20N2/c1-12-10-14(11-13-6-8-17-9-7-13)15-4-2-3-5-16(15)18-12/h2-5,10,13,17H,6-9,11H2,1H3. The lowest BCUT2D eigenvalue weighted by Crippen LogP contribution is -2.28. The number of aromatic nitrogens is 1. The van der Waals surface area contributed by atoms with Gasteiger partial charge in [-0.1, -0.05) is 18.2 Å². The minimum Gasteiger partial charge on any atom is -0.317 e. The first kappa shape index (κ1) is 11.7. The lowest BCUT2D eigenvalue weighted by molar-refractivity contribution is 0.373. The van der Waals surface area contributed by atoms with Crippen molar-refractivity contribution >= 4 is 10.9 Å². The third kappa shape index (κ3) is 2.39. The summed E-state index contributed by atoms with van der Waals surface area (Å²) in [5, 5.41) is 4.77. The number of fused-ring (bicyclic) bond motifs is 1. The zero-order valence-corrected chi connectivity index (χ0v) is 10.9. The molecule has 1 aromatic heterocycles. The van der Waals surface area contributed by atoms with Crippen LogP contribution in [0.25, 0.3) is 10.9 Å². The van der Waals surface area contributed by atoms with Crippen LogP contribution in [-0.4, -0.2) is 18.1 Å². The highest BCUT2D eigenvalue weighted by Crippen LogP contribution is 2.24. The summed E-state index contributed by atoms with van der Waals surface area (Å²) in [6.45, 7) is 4.44. The average Bonchev–Trinajstić information content (AvgIpc) is 2.40. The molecule has 2 heterocycles. The second-order valence-electron chi connectivity index (χ2n) is 5.34. The summed E-state index contributed by atoms with van der Waals surface area (Å²) in [6.07, 6.45) is 3.80. The van der Waals surface area contributed by atoms with E-state index in [-0.39, 0.29) is 0 Å². The maximum absolute atomic E-state index is 4.62. The number of hydrogen-bond donors (Lipinski definition) is 1. The predicted octanol–water partition coefficient (Wildman–Crippen LogP) is 3.09. The largest absolute Gasteiger partial charge is 0.317 e. The molecule has 18 heavy (non-hydrogen) atoms. The summed E-state index contributed by atoms with van der Waals surface area (Å²) < 4.78 is 0. The fourth-order valence-corrected chi connectivity index (χ4v) is 2.96. The Morgan fingerprint density at radius 2 is 2.00 bits per heavy atom. The number of nitrogens with zero attached hydrogens (tertiary/aromatic N) is 1. The monoisotopic (exact) mass is 240 g/mol. The molecule has 2 heteroatoms. The number of para-hydroxylation sites is 1. The Labute approximate surface area is 108 Å². The van der Waals surface area contributed by atoms with Gasteiger partial charge in [-0.25, -0.2) is 0 Å². The van der Waals surface area contributed by atoms with Crippen LogP contribution in [0.2, 0.25) is 0 Å². The molecular formula is C16H20N2. The second kappa shape index (κ2) is 5.07. The fraction of sp³-hybridized carbons (Fsp3) is 0.438. The van der Waals surface area contributed by atoms with Crippen molar-refractivity contribution in [1.82, 2.24) is 10.3 Å². The van der Waals surface area contributed by atoms with Crippen molar-refractivity contribution in [2.45, 2.75) is 26.2 Å². The van der Waals surface area contributed by atoms with E-state index in [0.29, 0.717) is 0 Å². The van der Waals surface area contributed by atoms with Crippen LogP contribution in [0.3, 0.4) is 0 Å². The molecule has 3 rings (SSSR count). The van der Waals surface area contributed by atoms with Crippen molar-refractivity contribution in [3.63, 3.8) is 0 Å². The molecule has 0 saturated carbocycles. The van der Waals surface area contributed by atoms with Crippen LogP contribution in [0.5, 0.6) is 0 Å². The Morgan fingerprint density at radius 1 is 1.22 bits per heavy atom. The van der Waals surface area contributed by atoms with Crippen molar-refractivity contribution < 1.29 is 0 Å². The van der Waals surface area contributed by atoms with Gasteiger partial charge in [-0.2, -0.15) is 0 Å². The predicted molar refractivity (Wildman–Crippen MR) is 75.8 cm³/mol. The summed E-state index contributed by atoms with van der Waals surface area (Å²) in [4.78, 5) is 4.62. The first-order valence-electron chi connectivity index (χ1n) is 6.89. The van der Waals surface area contributed by atoms with Crippen molar-refractivity contribution in [1.29, 1.82) is 0 Å². The average molecular weight is 240 g/mol. The third-order valence-corrected chi connectivity index (χ3v) is 3.90. The summed E-state index contributed by atoms with van der Waals surface area (Å²) in [5.41, 5.74) is 3.75. The van der Waals surface area contributed by atoms with Crippen LogP contribution < -0.4 is 5.32 Å². The number of pyridine rings is 1. The highest BCUT2D eigenvalue weighted by molar-refractivity contribution is 5.82. The summed E-state index contributed by atoms with van der Waals surface area (Å²) in [5.74, 6) is 0.830. The minimum atomic E-state index is 0.830. The lowest BCUT2D eigenvalue weighted by Gasteiger charge is -2.23. The van der Waals surface area contributed by atoms with Gasteiger partial charge in [0.1, 0.15) is 0 Å². The molecule has 0 atom stereocenters. The summed E-state index contributed by atoms with van der Waals surface area (Å²) in [6, 6.07) is 10.8. The molecule has 0 spiro atoms. The molecule has 0 amide bonds. The van der Waals surface area contributed by atoms with E-state index in [4.69, 9.17) is 0 Å². The van der Waals surface area contributed by atoms with Gasteiger partial charge >= 0.3 is 0 Å². The first-order chi connectivity index (χ1) is 8.83. The van der Waals surface area contributed by atoms with Crippen LogP contribution in [0.1, 0.15) is 24.1 Å². The quantitative estimate of drug-likeness (QED) is 0.872.